The van der Waals surface area contributed by atoms with Gasteiger partial charge in [-0.05, 0) is 42.5 Å². The van der Waals surface area contributed by atoms with E-state index in [4.69, 9.17) is 4.42 Å². The van der Waals surface area contributed by atoms with Crippen molar-refractivity contribution in [3.05, 3.63) is 70.1 Å². The Bertz CT molecular complexity index is 860. The summed E-state index contributed by atoms with van der Waals surface area (Å²) in [6, 6.07) is 16.1. The van der Waals surface area contributed by atoms with E-state index in [-0.39, 0.29) is 5.43 Å². The van der Waals surface area contributed by atoms with Crippen molar-refractivity contribution in [1.29, 1.82) is 0 Å². The zero-order chi connectivity index (χ0) is 14.2. The smallest absolute Gasteiger partial charge is 0.196 e. The molecule has 0 spiro atoms. The lowest BCUT2D eigenvalue weighted by atomic mass is 9.95. The largest absolute Gasteiger partial charge is 0.461 e. The van der Waals surface area contributed by atoms with E-state index >= 15 is 0 Å². The molecule has 0 bridgehead atoms. The molecule has 2 aromatic carbocycles. The molecule has 0 fully saturated rings. The molecule has 104 valence electrons. The Hall–Kier alpha value is -2.35. The van der Waals surface area contributed by atoms with Gasteiger partial charge in [-0.15, -0.1) is 0 Å². The van der Waals surface area contributed by atoms with Gasteiger partial charge in [-0.2, -0.15) is 0 Å². The van der Waals surface area contributed by atoms with Crippen LogP contribution in [-0.4, -0.2) is 0 Å². The Morgan fingerprint density at radius 2 is 1.67 bits per heavy atom. The maximum atomic E-state index is 12.6. The van der Waals surface area contributed by atoms with Crippen molar-refractivity contribution < 1.29 is 4.42 Å². The molecule has 3 aromatic rings. The molecule has 0 amide bonds. The number of rotatable bonds is 1. The number of hydrogen-bond acceptors (Lipinski definition) is 2. The zero-order valence-electron chi connectivity index (χ0n) is 11.8. The molecule has 2 heteroatoms. The van der Waals surface area contributed by atoms with Crippen LogP contribution in [0.3, 0.4) is 0 Å². The lowest BCUT2D eigenvalue weighted by molar-refractivity contribution is 0.487. The third kappa shape index (κ3) is 2.07. The highest BCUT2D eigenvalue weighted by Crippen LogP contribution is 2.27. The third-order valence-corrected chi connectivity index (χ3v) is 4.26. The molecule has 0 saturated carbocycles. The van der Waals surface area contributed by atoms with Crippen molar-refractivity contribution in [2.24, 2.45) is 0 Å². The van der Waals surface area contributed by atoms with E-state index < -0.39 is 0 Å². The van der Waals surface area contributed by atoms with E-state index in [0.29, 0.717) is 11.0 Å². The van der Waals surface area contributed by atoms with Crippen LogP contribution in [0.25, 0.3) is 22.1 Å². The molecule has 2 nitrogen and oxygen atoms in total. The van der Waals surface area contributed by atoms with Gasteiger partial charge in [0.15, 0.2) is 5.43 Å². The Balaban J connectivity index is 1.94. The van der Waals surface area contributed by atoms with Crippen molar-refractivity contribution in [1.82, 2.24) is 0 Å². The molecule has 0 radical (unpaired) electrons. The van der Waals surface area contributed by atoms with Crippen LogP contribution in [-0.2, 0) is 12.8 Å². The summed E-state index contributed by atoms with van der Waals surface area (Å²) in [5.41, 5.74) is 3.98. The van der Waals surface area contributed by atoms with Crippen LogP contribution in [0.15, 0.2) is 57.7 Å². The summed E-state index contributed by atoms with van der Waals surface area (Å²) in [4.78, 5) is 12.6. The van der Waals surface area contributed by atoms with Crippen molar-refractivity contribution in [3.8, 4) is 11.1 Å². The monoisotopic (exact) mass is 276 g/mol. The van der Waals surface area contributed by atoms with Gasteiger partial charge in [0.1, 0.15) is 11.3 Å². The molecule has 1 heterocycles. The van der Waals surface area contributed by atoms with Gasteiger partial charge < -0.3 is 4.42 Å². The topological polar surface area (TPSA) is 30.2 Å². The first-order valence-corrected chi connectivity index (χ1v) is 7.47. The fourth-order valence-corrected chi connectivity index (χ4v) is 3.13. The SMILES string of the molecule is O=c1c2c(oc3cc(-c4ccccc4)ccc13)CCCC2. The highest BCUT2D eigenvalue weighted by molar-refractivity contribution is 5.83. The third-order valence-electron chi connectivity index (χ3n) is 4.26. The molecule has 1 aliphatic rings. The second-order valence-corrected chi connectivity index (χ2v) is 5.62. The second-order valence-electron chi connectivity index (χ2n) is 5.62. The normalized spacial score (nSPS) is 14.1. The van der Waals surface area contributed by atoms with Crippen molar-refractivity contribution in [2.45, 2.75) is 25.7 Å². The predicted octanol–water partition coefficient (Wildman–Crippen LogP) is 4.34. The quantitative estimate of drug-likeness (QED) is 0.662. The zero-order valence-corrected chi connectivity index (χ0v) is 11.8. The van der Waals surface area contributed by atoms with E-state index in [0.717, 1.165) is 48.1 Å². The first-order valence-electron chi connectivity index (χ1n) is 7.47. The Morgan fingerprint density at radius 3 is 2.52 bits per heavy atom. The molecule has 0 N–H and O–H groups in total. The van der Waals surface area contributed by atoms with Gasteiger partial charge in [-0.3, -0.25) is 4.79 Å². The first kappa shape index (κ1) is 12.4. The summed E-state index contributed by atoms with van der Waals surface area (Å²) < 4.78 is 6.03. The van der Waals surface area contributed by atoms with Crippen LogP contribution in [0.5, 0.6) is 0 Å². The van der Waals surface area contributed by atoms with E-state index in [1.165, 1.54) is 0 Å². The van der Waals surface area contributed by atoms with Gasteiger partial charge in [-0.25, -0.2) is 0 Å². The van der Waals surface area contributed by atoms with Crippen LogP contribution < -0.4 is 5.43 Å². The number of hydrogen-bond donors (Lipinski definition) is 0. The van der Waals surface area contributed by atoms with Crippen LogP contribution in [0, 0.1) is 0 Å². The maximum Gasteiger partial charge on any atom is 0.196 e. The summed E-state index contributed by atoms with van der Waals surface area (Å²) >= 11 is 0. The maximum absolute atomic E-state index is 12.6. The van der Waals surface area contributed by atoms with Gasteiger partial charge in [0.05, 0.1) is 5.39 Å². The minimum absolute atomic E-state index is 0.158. The van der Waals surface area contributed by atoms with Crippen LogP contribution >= 0.6 is 0 Å². The molecule has 1 aromatic heterocycles. The fraction of sp³-hybridized carbons (Fsp3) is 0.211. The van der Waals surface area contributed by atoms with E-state index in [9.17, 15) is 4.79 Å². The molecular weight excluding hydrogens is 260 g/mol. The van der Waals surface area contributed by atoms with Crippen LogP contribution in [0.1, 0.15) is 24.2 Å². The van der Waals surface area contributed by atoms with Gasteiger partial charge in [0.2, 0.25) is 0 Å². The minimum Gasteiger partial charge on any atom is -0.461 e. The fourth-order valence-electron chi connectivity index (χ4n) is 3.13. The molecule has 4 rings (SSSR count). The second kappa shape index (κ2) is 4.88. The average Bonchev–Trinajstić information content (AvgIpc) is 2.55. The average molecular weight is 276 g/mol. The molecule has 0 saturated heterocycles. The Morgan fingerprint density at radius 1 is 0.857 bits per heavy atom. The van der Waals surface area contributed by atoms with Gasteiger partial charge in [0.25, 0.3) is 0 Å². The van der Waals surface area contributed by atoms with Crippen LogP contribution in [0.4, 0.5) is 0 Å². The molecule has 0 unspecified atom stereocenters. The van der Waals surface area contributed by atoms with E-state index in [2.05, 4.69) is 12.1 Å². The molecule has 0 aliphatic heterocycles. The highest BCUT2D eigenvalue weighted by Gasteiger charge is 2.17. The predicted molar refractivity (Wildman–Crippen MR) is 84.6 cm³/mol. The summed E-state index contributed by atoms with van der Waals surface area (Å²) in [5.74, 6) is 0.893. The van der Waals surface area contributed by atoms with Crippen LogP contribution in [0.2, 0.25) is 0 Å². The van der Waals surface area contributed by atoms with Gasteiger partial charge in [0, 0.05) is 12.0 Å². The highest BCUT2D eigenvalue weighted by atomic mass is 16.3. The number of aryl methyl sites for hydroxylation is 1. The van der Waals surface area contributed by atoms with Crippen molar-refractivity contribution >= 4 is 11.0 Å². The number of benzene rings is 2. The standard InChI is InChI=1S/C19H16O2/c20-19-15-8-4-5-9-17(15)21-18-12-14(10-11-16(18)19)13-6-2-1-3-7-13/h1-3,6-7,10-12H,4-5,8-9H2. The molecule has 1 aliphatic carbocycles. The Kier molecular flexibility index (Phi) is 2.88. The summed E-state index contributed by atoms with van der Waals surface area (Å²) in [6.07, 6.45) is 3.94. The van der Waals surface area contributed by atoms with Gasteiger partial charge in [-0.1, -0.05) is 36.4 Å². The van der Waals surface area contributed by atoms with E-state index in [1.54, 1.807) is 0 Å². The van der Waals surface area contributed by atoms with E-state index in [1.807, 2.05) is 36.4 Å². The summed E-state index contributed by atoms with van der Waals surface area (Å²) in [5, 5.41) is 0.704. The van der Waals surface area contributed by atoms with Crippen molar-refractivity contribution in [3.63, 3.8) is 0 Å². The van der Waals surface area contributed by atoms with Crippen molar-refractivity contribution in [2.75, 3.05) is 0 Å². The first-order chi connectivity index (χ1) is 10.3. The molecular formula is C19H16O2. The molecule has 21 heavy (non-hydrogen) atoms. The molecule has 0 atom stereocenters. The Labute approximate surface area is 123 Å². The summed E-state index contributed by atoms with van der Waals surface area (Å²) in [6.45, 7) is 0. The van der Waals surface area contributed by atoms with Gasteiger partial charge >= 0.3 is 0 Å². The summed E-state index contributed by atoms with van der Waals surface area (Å²) in [7, 11) is 0. The lowest BCUT2D eigenvalue weighted by Crippen LogP contribution is -2.16. The lowest BCUT2D eigenvalue weighted by Gasteiger charge is -2.14. The number of fused-ring (bicyclic) bond motifs is 2. The minimum atomic E-state index is 0.158.